The van der Waals surface area contributed by atoms with Gasteiger partial charge < -0.3 is 0 Å². The lowest BCUT2D eigenvalue weighted by atomic mass is 9.55. The molecule has 2 saturated carbocycles. The van der Waals surface area contributed by atoms with Gasteiger partial charge in [0, 0.05) is 6.54 Å². The van der Waals surface area contributed by atoms with Gasteiger partial charge in [0.15, 0.2) is 0 Å². The highest BCUT2D eigenvalue weighted by Gasteiger charge is 2.51. The second kappa shape index (κ2) is 6.44. The van der Waals surface area contributed by atoms with Crippen molar-refractivity contribution < 1.29 is 18.0 Å². The average Bonchev–Trinajstić information content (AvgIpc) is 2.95. The molecule has 6 heteroatoms. The molecule has 2 N–H and O–H groups in total. The van der Waals surface area contributed by atoms with Gasteiger partial charge in [-0.1, -0.05) is 41.6 Å². The van der Waals surface area contributed by atoms with Gasteiger partial charge in [-0.2, -0.15) is 13.1 Å². The average molecular weight is 378 g/mol. The summed E-state index contributed by atoms with van der Waals surface area (Å²) >= 11 is 0. The van der Waals surface area contributed by atoms with Crippen molar-refractivity contribution in [1.82, 2.24) is 4.72 Å². The van der Waals surface area contributed by atoms with Gasteiger partial charge in [0.2, 0.25) is 0 Å². The highest BCUT2D eigenvalue weighted by Crippen LogP contribution is 2.62. The van der Waals surface area contributed by atoms with Crippen LogP contribution in [-0.4, -0.2) is 13.7 Å². The van der Waals surface area contributed by atoms with Gasteiger partial charge in [-0.05, 0) is 78.4 Å². The zero-order valence-electron chi connectivity index (χ0n) is 15.2. The van der Waals surface area contributed by atoms with Crippen LogP contribution in [0.3, 0.4) is 0 Å². The minimum Gasteiger partial charge on any atom is -0.234 e. The first-order valence-electron chi connectivity index (χ1n) is 9.45. The molecule has 0 aliphatic heterocycles. The van der Waals surface area contributed by atoms with Crippen molar-refractivity contribution in [1.29, 1.82) is 0 Å². The van der Waals surface area contributed by atoms with Crippen molar-refractivity contribution in [3.63, 3.8) is 0 Å². The van der Waals surface area contributed by atoms with Crippen molar-refractivity contribution in [2.45, 2.75) is 57.9 Å². The SMILES string of the molecule is C=C1CC[C@@]2(C)CCC3c4ccc(CNS(=O)(=O)OO)cc4CCC3C12. The predicted molar refractivity (Wildman–Crippen MR) is 99.7 cm³/mol. The molecule has 1 aromatic rings. The van der Waals surface area contributed by atoms with Gasteiger partial charge >= 0.3 is 10.3 Å². The van der Waals surface area contributed by atoms with E-state index in [-0.39, 0.29) is 6.54 Å². The molecule has 1 aromatic carbocycles. The summed E-state index contributed by atoms with van der Waals surface area (Å²) in [4.78, 5) is 0. The largest absolute Gasteiger partial charge is 0.362 e. The zero-order valence-corrected chi connectivity index (χ0v) is 16.0. The molecule has 3 aliphatic rings. The third kappa shape index (κ3) is 3.03. The fourth-order valence-electron chi connectivity index (χ4n) is 5.90. The molecular formula is C20H27NO4S. The van der Waals surface area contributed by atoms with E-state index in [1.807, 2.05) is 6.07 Å². The van der Waals surface area contributed by atoms with E-state index in [9.17, 15) is 8.42 Å². The minimum atomic E-state index is -4.08. The van der Waals surface area contributed by atoms with Crippen LogP contribution in [0.25, 0.3) is 0 Å². The minimum absolute atomic E-state index is 0.113. The highest BCUT2D eigenvalue weighted by atomic mass is 32.2. The molecule has 0 amide bonds. The molecule has 26 heavy (non-hydrogen) atoms. The van der Waals surface area contributed by atoms with Gasteiger partial charge in [0.1, 0.15) is 0 Å². The predicted octanol–water partition coefficient (Wildman–Crippen LogP) is 3.92. The monoisotopic (exact) mass is 377 g/mol. The molecule has 4 atom stereocenters. The van der Waals surface area contributed by atoms with Crippen molar-refractivity contribution >= 4 is 10.3 Å². The number of aryl methyl sites for hydroxylation is 1. The Balaban J connectivity index is 1.57. The molecular weight excluding hydrogens is 350 g/mol. The van der Waals surface area contributed by atoms with Crippen molar-refractivity contribution in [2.75, 3.05) is 0 Å². The van der Waals surface area contributed by atoms with Gasteiger partial charge in [-0.25, -0.2) is 5.26 Å². The van der Waals surface area contributed by atoms with Crippen molar-refractivity contribution in [3.05, 3.63) is 47.0 Å². The Morgan fingerprint density at radius 3 is 2.88 bits per heavy atom. The van der Waals surface area contributed by atoms with Gasteiger partial charge in [-0.15, -0.1) is 0 Å². The Hall–Kier alpha value is -1.21. The lowest BCUT2D eigenvalue weighted by Crippen LogP contribution is -2.40. The Morgan fingerprint density at radius 2 is 2.12 bits per heavy atom. The standard InChI is InChI=1S/C20H27NO4S/c1-13-7-9-20(2)10-8-17-16-5-3-14(12-21-26(23,24)25-22)11-15(16)4-6-18(17)19(13)20/h3,5,11,17-19,21-22H,1,4,6-10,12H2,2H3/t17?,18?,19?,20-/m0/s1. The number of hydrogen-bond acceptors (Lipinski definition) is 4. The first kappa shape index (κ1) is 18.2. The third-order valence-corrected chi connectivity index (χ3v) is 7.78. The van der Waals surface area contributed by atoms with Crippen LogP contribution < -0.4 is 4.72 Å². The van der Waals surface area contributed by atoms with E-state index < -0.39 is 10.3 Å². The summed E-state index contributed by atoms with van der Waals surface area (Å²) in [5, 5.41) is 8.35. The summed E-state index contributed by atoms with van der Waals surface area (Å²) in [6.45, 7) is 6.97. The van der Waals surface area contributed by atoms with E-state index >= 15 is 0 Å². The molecule has 0 heterocycles. The molecule has 0 bridgehead atoms. The second-order valence-corrected chi connectivity index (χ2v) is 9.87. The first-order chi connectivity index (χ1) is 12.3. The van der Waals surface area contributed by atoms with Crippen LogP contribution in [0.15, 0.2) is 30.4 Å². The normalized spacial score (nSPS) is 33.5. The Bertz CT molecular complexity index is 834. The van der Waals surface area contributed by atoms with Gasteiger partial charge in [0.25, 0.3) is 0 Å². The van der Waals surface area contributed by atoms with E-state index in [1.165, 1.54) is 48.8 Å². The molecule has 0 saturated heterocycles. The summed E-state index contributed by atoms with van der Waals surface area (Å²) in [6, 6.07) is 6.26. The summed E-state index contributed by atoms with van der Waals surface area (Å²) in [6.07, 6.45) is 7.20. The fourth-order valence-corrected chi connectivity index (χ4v) is 6.30. The van der Waals surface area contributed by atoms with Crippen LogP contribution in [0.4, 0.5) is 0 Å². The second-order valence-electron chi connectivity index (χ2n) is 8.52. The van der Waals surface area contributed by atoms with E-state index in [2.05, 4.69) is 34.7 Å². The number of rotatable bonds is 4. The molecule has 5 nitrogen and oxygen atoms in total. The number of fused-ring (bicyclic) bond motifs is 5. The van der Waals surface area contributed by atoms with Crippen molar-refractivity contribution in [2.24, 2.45) is 17.3 Å². The van der Waals surface area contributed by atoms with Crippen molar-refractivity contribution in [3.8, 4) is 0 Å². The Kier molecular flexibility index (Phi) is 4.50. The summed E-state index contributed by atoms with van der Waals surface area (Å²) in [5.74, 6) is 1.95. The quantitative estimate of drug-likeness (QED) is 0.474. The molecule has 142 valence electrons. The maximum absolute atomic E-state index is 11.2. The Labute approximate surface area is 155 Å². The molecule has 0 radical (unpaired) electrons. The van der Waals surface area contributed by atoms with Crippen LogP contribution in [0.2, 0.25) is 0 Å². The highest BCUT2D eigenvalue weighted by molar-refractivity contribution is 7.84. The van der Waals surface area contributed by atoms with Gasteiger partial charge in [0.05, 0.1) is 0 Å². The summed E-state index contributed by atoms with van der Waals surface area (Å²) < 4.78 is 28.1. The van der Waals surface area contributed by atoms with E-state index in [1.54, 1.807) is 0 Å². The molecule has 0 spiro atoms. The maximum Gasteiger partial charge on any atom is 0.362 e. The smallest absolute Gasteiger partial charge is 0.234 e. The Morgan fingerprint density at radius 1 is 1.31 bits per heavy atom. The molecule has 0 aromatic heterocycles. The third-order valence-electron chi connectivity index (χ3n) is 7.08. The molecule has 4 rings (SSSR count). The maximum atomic E-state index is 11.2. The van der Waals surface area contributed by atoms with Crippen LogP contribution in [0, 0.1) is 17.3 Å². The zero-order chi connectivity index (χ0) is 18.5. The van der Waals surface area contributed by atoms with E-state index in [0.717, 1.165) is 12.0 Å². The first-order valence-corrected chi connectivity index (χ1v) is 10.9. The summed E-state index contributed by atoms with van der Waals surface area (Å²) in [7, 11) is -4.08. The number of benzene rings is 1. The van der Waals surface area contributed by atoms with Crippen LogP contribution >= 0.6 is 0 Å². The van der Waals surface area contributed by atoms with Gasteiger partial charge in [-0.3, -0.25) is 0 Å². The number of hydrogen-bond donors (Lipinski definition) is 2. The molecule has 2 fully saturated rings. The number of nitrogens with one attached hydrogen (secondary N) is 1. The lowest BCUT2D eigenvalue weighted by Gasteiger charge is -2.49. The lowest BCUT2D eigenvalue weighted by molar-refractivity contribution is -0.132. The van der Waals surface area contributed by atoms with E-state index in [4.69, 9.17) is 5.26 Å². The van der Waals surface area contributed by atoms with Crippen LogP contribution in [0.5, 0.6) is 0 Å². The molecule has 3 aliphatic carbocycles. The fraction of sp³-hybridized carbons (Fsp3) is 0.600. The van der Waals surface area contributed by atoms with E-state index in [0.29, 0.717) is 23.2 Å². The summed E-state index contributed by atoms with van der Waals surface area (Å²) in [5.41, 5.74) is 5.56. The number of allylic oxidation sites excluding steroid dienone is 1. The molecule has 3 unspecified atom stereocenters. The topological polar surface area (TPSA) is 75.6 Å². The van der Waals surface area contributed by atoms with Crippen LogP contribution in [0.1, 0.15) is 61.6 Å². The van der Waals surface area contributed by atoms with Crippen LogP contribution in [-0.2, 0) is 27.6 Å².